The van der Waals surface area contributed by atoms with Gasteiger partial charge in [0, 0.05) is 0 Å². The highest BCUT2D eigenvalue weighted by Gasteiger charge is 2.14. The standard InChI is InChI=1S/C9H8BrClO2/c1-5-3-4-6(13-2)8(10)7(5)9(11)12/h3-4H,1-2H3. The third-order valence-electron chi connectivity index (χ3n) is 1.73. The van der Waals surface area contributed by atoms with E-state index in [1.54, 1.807) is 12.1 Å². The number of halogens is 2. The van der Waals surface area contributed by atoms with Crippen LogP contribution in [0, 0.1) is 6.92 Å². The van der Waals surface area contributed by atoms with Gasteiger partial charge in [0.1, 0.15) is 5.75 Å². The third-order valence-corrected chi connectivity index (χ3v) is 2.71. The molecule has 0 radical (unpaired) electrons. The Kier molecular flexibility index (Phi) is 3.33. The van der Waals surface area contributed by atoms with E-state index < -0.39 is 5.24 Å². The summed E-state index contributed by atoms with van der Waals surface area (Å²) in [7, 11) is 1.54. The van der Waals surface area contributed by atoms with E-state index in [4.69, 9.17) is 16.3 Å². The smallest absolute Gasteiger partial charge is 0.253 e. The molecule has 0 atom stereocenters. The zero-order valence-electron chi connectivity index (χ0n) is 7.23. The van der Waals surface area contributed by atoms with Gasteiger partial charge in [-0.25, -0.2) is 0 Å². The minimum atomic E-state index is -0.483. The second kappa shape index (κ2) is 4.11. The van der Waals surface area contributed by atoms with E-state index >= 15 is 0 Å². The fourth-order valence-corrected chi connectivity index (χ4v) is 2.20. The van der Waals surface area contributed by atoms with Gasteiger partial charge in [-0.15, -0.1) is 0 Å². The molecule has 2 nitrogen and oxygen atoms in total. The predicted octanol–water partition coefficient (Wildman–Crippen LogP) is 3.15. The Morgan fingerprint density at radius 1 is 1.54 bits per heavy atom. The Balaban J connectivity index is 3.38. The molecule has 0 N–H and O–H groups in total. The summed E-state index contributed by atoms with van der Waals surface area (Å²) < 4.78 is 5.64. The molecule has 13 heavy (non-hydrogen) atoms. The third kappa shape index (κ3) is 2.03. The van der Waals surface area contributed by atoms with E-state index in [-0.39, 0.29) is 0 Å². The number of ether oxygens (including phenoxy) is 1. The highest BCUT2D eigenvalue weighted by Crippen LogP contribution is 2.31. The zero-order valence-corrected chi connectivity index (χ0v) is 9.57. The van der Waals surface area contributed by atoms with Gasteiger partial charge in [-0.3, -0.25) is 4.79 Å². The van der Waals surface area contributed by atoms with Crippen LogP contribution in [-0.2, 0) is 0 Å². The Labute approximate surface area is 90.0 Å². The van der Waals surface area contributed by atoms with Crippen LogP contribution in [0.2, 0.25) is 0 Å². The number of benzene rings is 1. The van der Waals surface area contributed by atoms with Crippen molar-refractivity contribution >= 4 is 32.8 Å². The molecule has 0 spiro atoms. The zero-order chi connectivity index (χ0) is 10.0. The van der Waals surface area contributed by atoms with Crippen LogP contribution in [0.25, 0.3) is 0 Å². The summed E-state index contributed by atoms with van der Waals surface area (Å²) >= 11 is 8.68. The highest BCUT2D eigenvalue weighted by atomic mass is 79.9. The normalized spacial score (nSPS) is 9.85. The molecule has 1 aromatic rings. The van der Waals surface area contributed by atoms with Crippen molar-refractivity contribution in [1.82, 2.24) is 0 Å². The number of hydrogen-bond donors (Lipinski definition) is 0. The van der Waals surface area contributed by atoms with E-state index in [0.29, 0.717) is 15.8 Å². The molecule has 0 bridgehead atoms. The van der Waals surface area contributed by atoms with Gasteiger partial charge in [0.05, 0.1) is 17.1 Å². The monoisotopic (exact) mass is 262 g/mol. The molecule has 0 heterocycles. The van der Waals surface area contributed by atoms with E-state index in [9.17, 15) is 4.79 Å². The maximum atomic E-state index is 11.0. The Morgan fingerprint density at radius 2 is 2.15 bits per heavy atom. The SMILES string of the molecule is COc1ccc(C)c(C(=O)Cl)c1Br. The molecule has 0 amide bonds. The molecule has 0 saturated heterocycles. The fraction of sp³-hybridized carbons (Fsp3) is 0.222. The second-order valence-electron chi connectivity index (χ2n) is 2.55. The van der Waals surface area contributed by atoms with Gasteiger partial charge in [0.2, 0.25) is 0 Å². The number of carbonyl (C=O) groups is 1. The van der Waals surface area contributed by atoms with Gasteiger partial charge in [-0.1, -0.05) is 6.07 Å². The first-order valence-electron chi connectivity index (χ1n) is 3.61. The van der Waals surface area contributed by atoms with E-state index in [0.717, 1.165) is 5.56 Å². The van der Waals surface area contributed by atoms with Crippen molar-refractivity contribution in [3.05, 3.63) is 27.7 Å². The number of carbonyl (C=O) groups excluding carboxylic acids is 1. The molecule has 0 aliphatic carbocycles. The lowest BCUT2D eigenvalue weighted by Crippen LogP contribution is -1.97. The molecule has 0 fully saturated rings. The largest absolute Gasteiger partial charge is 0.496 e. The van der Waals surface area contributed by atoms with Gasteiger partial charge in [-0.05, 0) is 46.1 Å². The number of rotatable bonds is 2. The van der Waals surface area contributed by atoms with Crippen molar-refractivity contribution in [2.75, 3.05) is 7.11 Å². The van der Waals surface area contributed by atoms with Crippen molar-refractivity contribution in [2.24, 2.45) is 0 Å². The average molecular weight is 264 g/mol. The summed E-state index contributed by atoms with van der Waals surface area (Å²) in [5, 5.41) is -0.483. The summed E-state index contributed by atoms with van der Waals surface area (Å²) in [4.78, 5) is 11.0. The van der Waals surface area contributed by atoms with Crippen LogP contribution >= 0.6 is 27.5 Å². The molecule has 0 aliphatic heterocycles. The molecule has 0 unspecified atom stereocenters. The van der Waals surface area contributed by atoms with Crippen LogP contribution in [0.15, 0.2) is 16.6 Å². The van der Waals surface area contributed by atoms with Crippen LogP contribution in [0.5, 0.6) is 5.75 Å². The van der Waals surface area contributed by atoms with Crippen molar-refractivity contribution < 1.29 is 9.53 Å². The first-order chi connectivity index (χ1) is 6.07. The Bertz CT molecular complexity index is 350. The molecular weight excluding hydrogens is 255 g/mol. The number of methoxy groups -OCH3 is 1. The first kappa shape index (κ1) is 10.5. The summed E-state index contributed by atoms with van der Waals surface area (Å²) in [6.45, 7) is 1.82. The summed E-state index contributed by atoms with van der Waals surface area (Å²) in [6.07, 6.45) is 0. The molecule has 0 saturated carbocycles. The van der Waals surface area contributed by atoms with E-state index in [1.165, 1.54) is 7.11 Å². The van der Waals surface area contributed by atoms with Crippen LogP contribution < -0.4 is 4.74 Å². The van der Waals surface area contributed by atoms with E-state index in [2.05, 4.69) is 15.9 Å². The summed E-state index contributed by atoms with van der Waals surface area (Å²) in [6, 6.07) is 3.57. The Hall–Kier alpha value is -0.540. The topological polar surface area (TPSA) is 26.3 Å². The molecule has 0 aromatic heterocycles. The summed E-state index contributed by atoms with van der Waals surface area (Å²) in [5.41, 5.74) is 1.29. The maximum absolute atomic E-state index is 11.0. The van der Waals surface area contributed by atoms with Crippen molar-refractivity contribution in [3.8, 4) is 5.75 Å². The van der Waals surface area contributed by atoms with Gasteiger partial charge < -0.3 is 4.74 Å². The predicted molar refractivity (Wildman–Crippen MR) is 55.6 cm³/mol. The van der Waals surface area contributed by atoms with Crippen LogP contribution in [0.3, 0.4) is 0 Å². The minimum absolute atomic E-state index is 0.459. The van der Waals surface area contributed by atoms with Crippen molar-refractivity contribution in [1.29, 1.82) is 0 Å². The average Bonchev–Trinajstić information content (AvgIpc) is 2.04. The van der Waals surface area contributed by atoms with Crippen molar-refractivity contribution in [3.63, 3.8) is 0 Å². The number of hydrogen-bond acceptors (Lipinski definition) is 2. The second-order valence-corrected chi connectivity index (χ2v) is 3.68. The van der Waals surface area contributed by atoms with E-state index in [1.807, 2.05) is 6.92 Å². The lowest BCUT2D eigenvalue weighted by molar-refractivity contribution is 0.108. The number of aryl methyl sites for hydroxylation is 1. The minimum Gasteiger partial charge on any atom is -0.496 e. The molecule has 0 aliphatic rings. The lowest BCUT2D eigenvalue weighted by atomic mass is 10.1. The first-order valence-corrected chi connectivity index (χ1v) is 4.78. The van der Waals surface area contributed by atoms with Crippen LogP contribution in [-0.4, -0.2) is 12.4 Å². The highest BCUT2D eigenvalue weighted by molar-refractivity contribution is 9.10. The van der Waals surface area contributed by atoms with Gasteiger partial charge >= 0.3 is 0 Å². The maximum Gasteiger partial charge on any atom is 0.253 e. The molecule has 4 heteroatoms. The van der Waals surface area contributed by atoms with Crippen LogP contribution in [0.4, 0.5) is 0 Å². The van der Waals surface area contributed by atoms with Crippen molar-refractivity contribution in [2.45, 2.75) is 6.92 Å². The quantitative estimate of drug-likeness (QED) is 0.766. The summed E-state index contributed by atoms with van der Waals surface area (Å²) in [5.74, 6) is 0.606. The molecule has 1 rings (SSSR count). The fourth-order valence-electron chi connectivity index (χ4n) is 1.05. The molecule has 1 aromatic carbocycles. The van der Waals surface area contributed by atoms with Gasteiger partial charge in [0.15, 0.2) is 0 Å². The Morgan fingerprint density at radius 3 is 2.62 bits per heavy atom. The van der Waals surface area contributed by atoms with Gasteiger partial charge in [0.25, 0.3) is 5.24 Å². The molecule has 70 valence electrons. The lowest BCUT2D eigenvalue weighted by Gasteiger charge is -2.08. The van der Waals surface area contributed by atoms with Crippen LogP contribution in [0.1, 0.15) is 15.9 Å². The molecular formula is C9H8BrClO2. The van der Waals surface area contributed by atoms with Gasteiger partial charge in [-0.2, -0.15) is 0 Å².